The van der Waals surface area contributed by atoms with Crippen molar-refractivity contribution < 1.29 is 22.7 Å². The van der Waals surface area contributed by atoms with Crippen molar-refractivity contribution in [2.45, 2.75) is 26.7 Å². The quantitative estimate of drug-likeness (QED) is 0.550. The number of para-hydroxylation sites is 2. The molecule has 0 bridgehead atoms. The average Bonchev–Trinajstić information content (AvgIpc) is 2.70. The Labute approximate surface area is 179 Å². The minimum absolute atomic E-state index is 0.146. The highest BCUT2D eigenvalue weighted by molar-refractivity contribution is 7.92. The number of hydrogen-bond acceptors (Lipinski definition) is 5. The van der Waals surface area contributed by atoms with Crippen molar-refractivity contribution in [1.29, 1.82) is 0 Å². The highest BCUT2D eigenvalue weighted by atomic mass is 32.2. The molecule has 0 radical (unpaired) electrons. The van der Waals surface area contributed by atoms with Crippen molar-refractivity contribution in [1.82, 2.24) is 5.32 Å². The largest absolute Gasteiger partial charge is 0.495 e. The number of amides is 1. The molecule has 0 fully saturated rings. The molecule has 0 aliphatic carbocycles. The maximum atomic E-state index is 12.2. The van der Waals surface area contributed by atoms with Gasteiger partial charge in [-0.1, -0.05) is 18.2 Å². The Bertz CT molecular complexity index is 960. The van der Waals surface area contributed by atoms with Crippen LogP contribution in [-0.4, -0.2) is 47.4 Å². The zero-order chi connectivity index (χ0) is 22.1. The fourth-order valence-corrected chi connectivity index (χ4v) is 3.90. The van der Waals surface area contributed by atoms with Crippen LogP contribution < -0.4 is 19.1 Å². The van der Waals surface area contributed by atoms with Gasteiger partial charge in [0.2, 0.25) is 15.9 Å². The van der Waals surface area contributed by atoms with Gasteiger partial charge in [0.1, 0.15) is 18.1 Å². The van der Waals surface area contributed by atoms with E-state index in [1.165, 1.54) is 17.0 Å². The molecule has 30 heavy (non-hydrogen) atoms. The van der Waals surface area contributed by atoms with Crippen molar-refractivity contribution in [3.63, 3.8) is 0 Å². The summed E-state index contributed by atoms with van der Waals surface area (Å²) in [6, 6.07) is 12.8. The van der Waals surface area contributed by atoms with Crippen LogP contribution in [0, 0.1) is 13.8 Å². The second-order valence-electron chi connectivity index (χ2n) is 7.06. The van der Waals surface area contributed by atoms with E-state index in [1.54, 1.807) is 24.3 Å². The minimum Gasteiger partial charge on any atom is -0.495 e. The van der Waals surface area contributed by atoms with Gasteiger partial charge < -0.3 is 14.8 Å². The van der Waals surface area contributed by atoms with Gasteiger partial charge in [-0.15, -0.1) is 0 Å². The Kier molecular flexibility index (Phi) is 8.53. The van der Waals surface area contributed by atoms with Crippen LogP contribution in [-0.2, 0) is 14.8 Å². The van der Waals surface area contributed by atoms with Crippen molar-refractivity contribution >= 4 is 21.6 Å². The number of aryl methyl sites for hydroxylation is 2. The number of hydrogen-bond donors (Lipinski definition) is 1. The summed E-state index contributed by atoms with van der Waals surface area (Å²) in [5.74, 6) is 1.09. The molecular formula is C22H30N2O5S. The normalized spacial score (nSPS) is 11.1. The Hall–Kier alpha value is -2.74. The minimum atomic E-state index is -3.51. The molecule has 0 saturated carbocycles. The van der Waals surface area contributed by atoms with Gasteiger partial charge in [-0.2, -0.15) is 0 Å². The van der Waals surface area contributed by atoms with Crippen LogP contribution in [0.15, 0.2) is 42.5 Å². The lowest BCUT2D eigenvalue weighted by Gasteiger charge is -2.24. The van der Waals surface area contributed by atoms with Gasteiger partial charge in [0.05, 0.1) is 25.6 Å². The Morgan fingerprint density at radius 2 is 1.83 bits per heavy atom. The third kappa shape index (κ3) is 6.95. The smallest absolute Gasteiger partial charge is 0.232 e. The molecule has 1 amide bonds. The number of nitrogens with zero attached hydrogens (tertiary/aromatic N) is 1. The molecule has 0 unspecified atom stereocenters. The van der Waals surface area contributed by atoms with Crippen molar-refractivity contribution in [3.05, 3.63) is 53.6 Å². The average molecular weight is 435 g/mol. The molecule has 0 atom stereocenters. The zero-order valence-electron chi connectivity index (χ0n) is 18.0. The molecule has 164 valence electrons. The lowest BCUT2D eigenvalue weighted by Crippen LogP contribution is -2.33. The van der Waals surface area contributed by atoms with E-state index >= 15 is 0 Å². The van der Waals surface area contributed by atoms with Gasteiger partial charge in [-0.3, -0.25) is 9.10 Å². The van der Waals surface area contributed by atoms with Gasteiger partial charge in [-0.05, 0) is 55.7 Å². The first-order chi connectivity index (χ1) is 14.2. The van der Waals surface area contributed by atoms with Gasteiger partial charge in [0.15, 0.2) is 0 Å². The first-order valence-corrected chi connectivity index (χ1v) is 11.6. The Balaban J connectivity index is 1.79. The Morgan fingerprint density at radius 1 is 1.10 bits per heavy atom. The standard InChI is InChI=1S/C22H30N2O5S/c1-17-11-12-19(16-18(17)2)29-15-13-23-22(25)10-7-14-24(30(4,26)27)20-8-5-6-9-21(20)28-3/h5-6,8-9,11-12,16H,7,10,13-15H2,1-4H3,(H,23,25). The highest BCUT2D eigenvalue weighted by Gasteiger charge is 2.20. The molecule has 0 aliphatic heterocycles. The van der Waals surface area contributed by atoms with Crippen LogP contribution in [0.5, 0.6) is 11.5 Å². The van der Waals surface area contributed by atoms with Crippen molar-refractivity contribution in [2.75, 3.05) is 37.4 Å². The molecule has 0 spiro atoms. The molecule has 7 nitrogen and oxygen atoms in total. The molecule has 2 rings (SSSR count). The van der Waals surface area contributed by atoms with E-state index in [0.717, 1.165) is 17.6 Å². The molecule has 0 aliphatic rings. The van der Waals surface area contributed by atoms with Crippen LogP contribution in [0.3, 0.4) is 0 Å². The van der Waals surface area contributed by atoms with Crippen LogP contribution in [0.1, 0.15) is 24.0 Å². The van der Waals surface area contributed by atoms with E-state index in [2.05, 4.69) is 5.32 Å². The number of sulfonamides is 1. The van der Waals surface area contributed by atoms with E-state index in [0.29, 0.717) is 31.0 Å². The summed E-state index contributed by atoms with van der Waals surface area (Å²) >= 11 is 0. The SMILES string of the molecule is COc1ccccc1N(CCCC(=O)NCCOc1ccc(C)c(C)c1)S(C)(=O)=O. The first kappa shape index (κ1) is 23.5. The van der Waals surface area contributed by atoms with E-state index in [-0.39, 0.29) is 18.9 Å². The van der Waals surface area contributed by atoms with Crippen LogP contribution in [0.25, 0.3) is 0 Å². The number of ether oxygens (including phenoxy) is 2. The maximum Gasteiger partial charge on any atom is 0.232 e. The lowest BCUT2D eigenvalue weighted by atomic mass is 10.1. The summed E-state index contributed by atoms with van der Waals surface area (Å²) in [7, 11) is -2.01. The fraction of sp³-hybridized carbons (Fsp3) is 0.409. The third-order valence-electron chi connectivity index (χ3n) is 4.69. The monoisotopic (exact) mass is 434 g/mol. The summed E-state index contributed by atoms with van der Waals surface area (Å²) in [5, 5.41) is 2.80. The predicted molar refractivity (Wildman–Crippen MR) is 119 cm³/mol. The van der Waals surface area contributed by atoms with Crippen molar-refractivity contribution in [2.24, 2.45) is 0 Å². The Morgan fingerprint density at radius 3 is 2.50 bits per heavy atom. The molecule has 1 N–H and O–H groups in total. The predicted octanol–water partition coefficient (Wildman–Crippen LogP) is 3.05. The second kappa shape index (κ2) is 10.9. The number of carbonyl (C=O) groups excluding carboxylic acids is 1. The van der Waals surface area contributed by atoms with E-state index in [4.69, 9.17) is 9.47 Å². The second-order valence-corrected chi connectivity index (χ2v) is 8.96. The van der Waals surface area contributed by atoms with Gasteiger partial charge in [0.25, 0.3) is 0 Å². The van der Waals surface area contributed by atoms with Crippen LogP contribution in [0.4, 0.5) is 5.69 Å². The number of methoxy groups -OCH3 is 1. The maximum absolute atomic E-state index is 12.2. The number of carbonyl (C=O) groups is 1. The number of rotatable bonds is 11. The number of nitrogens with one attached hydrogen (secondary N) is 1. The van der Waals surface area contributed by atoms with Gasteiger partial charge in [0, 0.05) is 13.0 Å². The molecular weight excluding hydrogens is 404 g/mol. The molecule has 0 aromatic heterocycles. The number of anilines is 1. The van der Waals surface area contributed by atoms with Gasteiger partial charge in [-0.25, -0.2) is 8.42 Å². The molecule has 8 heteroatoms. The molecule has 0 saturated heterocycles. The summed E-state index contributed by atoms with van der Waals surface area (Å²) in [5.41, 5.74) is 2.82. The third-order valence-corrected chi connectivity index (χ3v) is 5.87. The summed E-state index contributed by atoms with van der Waals surface area (Å²) < 4.78 is 36.6. The molecule has 2 aromatic rings. The van der Waals surface area contributed by atoms with Crippen LogP contribution >= 0.6 is 0 Å². The molecule has 2 aromatic carbocycles. The topological polar surface area (TPSA) is 84.9 Å². The summed E-state index contributed by atoms with van der Waals surface area (Å²) in [6.45, 7) is 5.00. The summed E-state index contributed by atoms with van der Waals surface area (Å²) in [6.07, 6.45) is 1.74. The van der Waals surface area contributed by atoms with E-state index in [1.807, 2.05) is 32.0 Å². The number of benzene rings is 2. The fourth-order valence-electron chi connectivity index (χ4n) is 2.94. The van der Waals surface area contributed by atoms with Crippen molar-refractivity contribution in [3.8, 4) is 11.5 Å². The van der Waals surface area contributed by atoms with E-state index < -0.39 is 10.0 Å². The zero-order valence-corrected chi connectivity index (χ0v) is 18.8. The molecule has 0 heterocycles. The lowest BCUT2D eigenvalue weighted by molar-refractivity contribution is -0.121. The summed E-state index contributed by atoms with van der Waals surface area (Å²) in [4.78, 5) is 12.1. The van der Waals surface area contributed by atoms with Gasteiger partial charge >= 0.3 is 0 Å². The highest BCUT2D eigenvalue weighted by Crippen LogP contribution is 2.29. The van der Waals surface area contributed by atoms with E-state index in [9.17, 15) is 13.2 Å². The van der Waals surface area contributed by atoms with Crippen LogP contribution in [0.2, 0.25) is 0 Å². The first-order valence-electron chi connectivity index (χ1n) is 9.80.